The number of nitrogens with one attached hydrogen (secondary N) is 1. The minimum atomic E-state index is -0.144. The number of anilines is 1. The number of furan rings is 1. The maximum Gasteiger partial charge on any atom is 0.236 e. The van der Waals surface area contributed by atoms with E-state index >= 15 is 0 Å². The van der Waals surface area contributed by atoms with Crippen LogP contribution in [0.5, 0.6) is 0 Å². The quantitative estimate of drug-likeness (QED) is 0.337. The molecule has 2 aromatic carbocycles. The molecular weight excluding hydrogens is 442 g/mol. The number of thiazole rings is 1. The molecule has 0 aliphatic rings. The third-order valence-electron chi connectivity index (χ3n) is 4.87. The summed E-state index contributed by atoms with van der Waals surface area (Å²) in [5, 5.41) is 12.9. The molecule has 5 aromatic rings. The third kappa shape index (κ3) is 4.04. The summed E-state index contributed by atoms with van der Waals surface area (Å²) >= 11 is 2.80. The van der Waals surface area contributed by atoms with Crippen LogP contribution in [0.4, 0.5) is 5.13 Å². The molecule has 0 fully saturated rings. The van der Waals surface area contributed by atoms with Crippen molar-refractivity contribution in [3.63, 3.8) is 0 Å². The average molecular weight is 462 g/mol. The number of aromatic nitrogens is 4. The highest BCUT2D eigenvalue weighted by Gasteiger charge is 2.20. The van der Waals surface area contributed by atoms with E-state index in [4.69, 9.17) is 4.42 Å². The minimum Gasteiger partial charge on any atom is -0.469 e. The van der Waals surface area contributed by atoms with E-state index in [1.807, 2.05) is 66.9 Å². The zero-order valence-electron chi connectivity index (χ0n) is 17.4. The topological polar surface area (TPSA) is 85.8 Å². The van der Waals surface area contributed by atoms with Crippen molar-refractivity contribution < 1.29 is 9.21 Å². The van der Waals surface area contributed by atoms with Crippen LogP contribution in [-0.4, -0.2) is 31.4 Å². The Kier molecular flexibility index (Phi) is 5.50. The largest absolute Gasteiger partial charge is 0.469 e. The van der Waals surface area contributed by atoms with Gasteiger partial charge in [0.15, 0.2) is 16.1 Å². The molecule has 5 rings (SSSR count). The first kappa shape index (κ1) is 20.5. The fourth-order valence-corrected chi connectivity index (χ4v) is 5.07. The van der Waals surface area contributed by atoms with Crippen molar-refractivity contribution in [2.45, 2.75) is 19.0 Å². The van der Waals surface area contributed by atoms with Gasteiger partial charge in [0.2, 0.25) is 5.91 Å². The second kappa shape index (κ2) is 8.60. The van der Waals surface area contributed by atoms with Gasteiger partial charge in [0, 0.05) is 5.69 Å². The van der Waals surface area contributed by atoms with Gasteiger partial charge in [0.25, 0.3) is 0 Å². The Morgan fingerprint density at radius 1 is 1.12 bits per heavy atom. The van der Waals surface area contributed by atoms with E-state index in [9.17, 15) is 4.79 Å². The van der Waals surface area contributed by atoms with E-state index in [1.54, 1.807) is 6.26 Å². The van der Waals surface area contributed by atoms with Crippen LogP contribution in [0.15, 0.2) is 70.4 Å². The molecule has 0 unspecified atom stereocenters. The number of hydrogen-bond donors (Lipinski definition) is 1. The highest BCUT2D eigenvalue weighted by atomic mass is 32.2. The molecule has 1 N–H and O–H groups in total. The lowest BCUT2D eigenvalue weighted by molar-refractivity contribution is -0.113. The van der Waals surface area contributed by atoms with Crippen molar-refractivity contribution in [2.75, 3.05) is 11.1 Å². The van der Waals surface area contributed by atoms with Crippen LogP contribution in [0.3, 0.4) is 0 Å². The zero-order chi connectivity index (χ0) is 22.1. The standard InChI is InChI=1S/C23H19N5O2S2/c1-14-8-9-18-19(12-14)32-22(24-18)25-20(29)13-31-23-27-26-21(17-10-11-30-15(17)2)28(23)16-6-4-3-5-7-16/h3-12H,13H2,1-2H3,(H,24,25,29). The van der Waals surface area contributed by atoms with E-state index < -0.39 is 0 Å². The van der Waals surface area contributed by atoms with Gasteiger partial charge < -0.3 is 9.73 Å². The number of fused-ring (bicyclic) bond motifs is 1. The van der Waals surface area contributed by atoms with Crippen LogP contribution in [0, 0.1) is 13.8 Å². The monoisotopic (exact) mass is 461 g/mol. The van der Waals surface area contributed by atoms with Crippen LogP contribution < -0.4 is 5.32 Å². The number of rotatable bonds is 6. The first-order chi connectivity index (χ1) is 15.6. The van der Waals surface area contributed by atoms with Crippen molar-refractivity contribution in [2.24, 2.45) is 0 Å². The van der Waals surface area contributed by atoms with Crippen molar-refractivity contribution in [1.82, 2.24) is 19.7 Å². The lowest BCUT2D eigenvalue weighted by atomic mass is 10.2. The number of aryl methyl sites for hydroxylation is 2. The van der Waals surface area contributed by atoms with Crippen molar-refractivity contribution in [3.05, 3.63) is 72.2 Å². The Labute approximate surface area is 192 Å². The number of para-hydroxylation sites is 1. The van der Waals surface area contributed by atoms with E-state index in [0.717, 1.165) is 27.2 Å². The molecule has 160 valence electrons. The molecule has 3 aromatic heterocycles. The average Bonchev–Trinajstić information content (AvgIpc) is 3.50. The van der Waals surface area contributed by atoms with Crippen molar-refractivity contribution >= 4 is 44.4 Å². The summed E-state index contributed by atoms with van der Waals surface area (Å²) in [5.41, 5.74) is 3.82. The molecule has 0 aliphatic heterocycles. The Hall–Kier alpha value is -3.43. The summed E-state index contributed by atoms with van der Waals surface area (Å²) in [4.78, 5) is 17.1. The number of hydrogen-bond acceptors (Lipinski definition) is 7. The van der Waals surface area contributed by atoms with Gasteiger partial charge in [-0.15, -0.1) is 10.2 Å². The van der Waals surface area contributed by atoms with Gasteiger partial charge in [-0.3, -0.25) is 9.36 Å². The molecule has 0 saturated carbocycles. The normalized spacial score (nSPS) is 11.2. The number of carbonyl (C=O) groups excluding carboxylic acids is 1. The lowest BCUT2D eigenvalue weighted by Gasteiger charge is -2.09. The van der Waals surface area contributed by atoms with Gasteiger partial charge in [-0.2, -0.15) is 0 Å². The first-order valence-electron chi connectivity index (χ1n) is 9.93. The first-order valence-corrected chi connectivity index (χ1v) is 11.7. The van der Waals surface area contributed by atoms with Crippen LogP contribution in [-0.2, 0) is 4.79 Å². The molecule has 0 spiro atoms. The van der Waals surface area contributed by atoms with Gasteiger partial charge in [0.05, 0.1) is 27.8 Å². The summed E-state index contributed by atoms with van der Waals surface area (Å²) in [7, 11) is 0. The minimum absolute atomic E-state index is 0.144. The van der Waals surface area contributed by atoms with E-state index in [0.29, 0.717) is 16.1 Å². The highest BCUT2D eigenvalue weighted by molar-refractivity contribution is 7.99. The number of amides is 1. The second-order valence-corrected chi connectivity index (χ2v) is 9.17. The predicted molar refractivity (Wildman–Crippen MR) is 128 cm³/mol. The molecule has 32 heavy (non-hydrogen) atoms. The molecule has 3 heterocycles. The molecule has 0 aliphatic carbocycles. The predicted octanol–water partition coefficient (Wildman–Crippen LogP) is 5.48. The number of carbonyl (C=O) groups is 1. The lowest BCUT2D eigenvalue weighted by Crippen LogP contribution is -2.14. The summed E-state index contributed by atoms with van der Waals surface area (Å²) in [6.45, 7) is 3.93. The van der Waals surface area contributed by atoms with Crippen molar-refractivity contribution in [3.8, 4) is 17.1 Å². The second-order valence-electron chi connectivity index (χ2n) is 7.19. The maximum atomic E-state index is 12.6. The molecule has 0 atom stereocenters. The number of nitrogens with zero attached hydrogens (tertiary/aromatic N) is 4. The molecule has 0 radical (unpaired) electrons. The zero-order valence-corrected chi connectivity index (χ0v) is 19.0. The van der Waals surface area contributed by atoms with Gasteiger partial charge in [-0.05, 0) is 49.7 Å². The third-order valence-corrected chi connectivity index (χ3v) is 6.73. The van der Waals surface area contributed by atoms with Gasteiger partial charge in [-0.1, -0.05) is 47.4 Å². The van der Waals surface area contributed by atoms with E-state index in [1.165, 1.54) is 28.7 Å². The van der Waals surface area contributed by atoms with Gasteiger partial charge in [-0.25, -0.2) is 4.98 Å². The maximum absolute atomic E-state index is 12.6. The molecular formula is C23H19N5O2S2. The van der Waals surface area contributed by atoms with Gasteiger partial charge >= 0.3 is 0 Å². The molecule has 0 saturated heterocycles. The summed E-state index contributed by atoms with van der Waals surface area (Å²) < 4.78 is 8.45. The summed E-state index contributed by atoms with van der Waals surface area (Å²) in [6, 6.07) is 17.7. The Balaban J connectivity index is 1.37. The van der Waals surface area contributed by atoms with Crippen LogP contribution in [0.2, 0.25) is 0 Å². The fourth-order valence-electron chi connectivity index (χ4n) is 3.34. The van der Waals surface area contributed by atoms with Crippen LogP contribution >= 0.6 is 23.1 Å². The van der Waals surface area contributed by atoms with E-state index in [-0.39, 0.29) is 11.7 Å². The molecule has 7 nitrogen and oxygen atoms in total. The number of thioether (sulfide) groups is 1. The van der Waals surface area contributed by atoms with Crippen LogP contribution in [0.1, 0.15) is 11.3 Å². The fraction of sp³-hybridized carbons (Fsp3) is 0.130. The Morgan fingerprint density at radius 2 is 1.97 bits per heavy atom. The SMILES string of the molecule is Cc1ccc2nc(NC(=O)CSc3nnc(-c4ccoc4C)n3-c3ccccc3)sc2c1. The molecule has 1 amide bonds. The number of benzene rings is 2. The summed E-state index contributed by atoms with van der Waals surface area (Å²) in [5.74, 6) is 1.47. The molecule has 9 heteroatoms. The highest BCUT2D eigenvalue weighted by Crippen LogP contribution is 2.31. The Morgan fingerprint density at radius 3 is 2.75 bits per heavy atom. The van der Waals surface area contributed by atoms with Gasteiger partial charge in [0.1, 0.15) is 5.76 Å². The smallest absolute Gasteiger partial charge is 0.236 e. The van der Waals surface area contributed by atoms with Crippen molar-refractivity contribution in [1.29, 1.82) is 0 Å². The van der Waals surface area contributed by atoms with E-state index in [2.05, 4.69) is 26.6 Å². The van der Waals surface area contributed by atoms with Crippen LogP contribution in [0.25, 0.3) is 27.3 Å². The Bertz CT molecular complexity index is 1400. The molecule has 0 bridgehead atoms. The summed E-state index contributed by atoms with van der Waals surface area (Å²) in [6.07, 6.45) is 1.63.